The van der Waals surface area contributed by atoms with Gasteiger partial charge in [0, 0.05) is 12.6 Å². The Kier molecular flexibility index (Phi) is 5.95. The minimum atomic E-state index is -0.234. The van der Waals surface area contributed by atoms with E-state index in [0.717, 1.165) is 24.2 Å². The minimum absolute atomic E-state index is 0.0768. The Hall–Kier alpha value is -2.21. The van der Waals surface area contributed by atoms with Crippen LogP contribution in [0.15, 0.2) is 30.3 Å². The van der Waals surface area contributed by atoms with Gasteiger partial charge in [-0.1, -0.05) is 12.1 Å². The van der Waals surface area contributed by atoms with E-state index in [1.54, 1.807) is 12.1 Å². The number of amides is 1. The number of nitrogens with one attached hydrogen (secondary N) is 1. The molecule has 0 bridgehead atoms. The van der Waals surface area contributed by atoms with E-state index in [2.05, 4.69) is 10.4 Å². The van der Waals surface area contributed by atoms with Gasteiger partial charge >= 0.3 is 0 Å². The molecule has 0 atom stereocenters. The lowest BCUT2D eigenvalue weighted by Crippen LogP contribution is -2.33. The molecule has 2 aromatic rings. The molecule has 2 rings (SSSR count). The van der Waals surface area contributed by atoms with Crippen LogP contribution >= 0.6 is 0 Å². The summed E-state index contributed by atoms with van der Waals surface area (Å²) >= 11 is 0. The highest BCUT2D eigenvalue weighted by molar-refractivity contribution is 5.91. The van der Waals surface area contributed by atoms with E-state index in [1.807, 2.05) is 50.4 Å². The molecule has 136 valence electrons. The Morgan fingerprint density at radius 2 is 1.92 bits per heavy atom. The predicted octanol–water partition coefficient (Wildman–Crippen LogP) is 3.20. The monoisotopic (exact) mass is 346 g/mol. The van der Waals surface area contributed by atoms with Gasteiger partial charge in [-0.15, -0.1) is 0 Å². The van der Waals surface area contributed by atoms with Crippen molar-refractivity contribution in [3.63, 3.8) is 0 Å². The molecular formula is C19H27FN4O. The fraction of sp³-hybridized carbons (Fsp3) is 0.474. The fourth-order valence-electron chi connectivity index (χ4n) is 2.58. The third-order valence-electron chi connectivity index (χ3n) is 3.84. The lowest BCUT2D eigenvalue weighted by Gasteiger charge is -2.23. The highest BCUT2D eigenvalue weighted by Crippen LogP contribution is 2.21. The molecule has 0 aliphatic rings. The Labute approximate surface area is 148 Å². The fourth-order valence-corrected chi connectivity index (χ4v) is 2.58. The second-order valence-electron chi connectivity index (χ2n) is 7.42. The largest absolute Gasteiger partial charge is 0.310 e. The maximum Gasteiger partial charge on any atom is 0.239 e. The number of nitrogens with zero attached hydrogens (tertiary/aromatic N) is 3. The van der Waals surface area contributed by atoms with Crippen molar-refractivity contribution in [1.29, 1.82) is 0 Å². The number of aromatic nitrogens is 2. The van der Waals surface area contributed by atoms with Gasteiger partial charge < -0.3 is 5.32 Å². The maximum atomic E-state index is 12.9. The number of carbonyl (C=O) groups is 1. The van der Waals surface area contributed by atoms with Crippen molar-refractivity contribution in [2.75, 3.05) is 25.5 Å². The lowest BCUT2D eigenvalue weighted by molar-refractivity contribution is -0.117. The number of likely N-dealkylation sites (N-methyl/N-ethyl adjacent to an activating group) is 1. The number of halogens is 1. The van der Waals surface area contributed by atoms with Crippen LogP contribution in [-0.4, -0.2) is 40.7 Å². The van der Waals surface area contributed by atoms with Crippen LogP contribution in [0.2, 0.25) is 0 Å². The lowest BCUT2D eigenvalue weighted by atomic mass is 10.1. The molecule has 0 spiro atoms. The van der Waals surface area contributed by atoms with Gasteiger partial charge in [-0.3, -0.25) is 9.69 Å². The van der Waals surface area contributed by atoms with E-state index < -0.39 is 0 Å². The summed E-state index contributed by atoms with van der Waals surface area (Å²) < 4.78 is 14.7. The number of rotatable bonds is 6. The molecule has 0 radical (unpaired) electrons. The van der Waals surface area contributed by atoms with Crippen molar-refractivity contribution in [2.45, 2.75) is 39.7 Å². The Morgan fingerprint density at radius 3 is 2.52 bits per heavy atom. The molecule has 0 aliphatic carbocycles. The number of anilines is 1. The summed E-state index contributed by atoms with van der Waals surface area (Å²) in [6, 6.07) is 8.33. The molecule has 1 aromatic heterocycles. The van der Waals surface area contributed by atoms with E-state index in [-0.39, 0.29) is 23.8 Å². The summed E-state index contributed by atoms with van der Waals surface area (Å²) in [7, 11) is 1.90. The standard InChI is InChI=1S/C19H27FN4O/c1-14-12-17(24(22-14)19(2,3)4)21-18(25)13-23(5)11-10-15-6-8-16(20)9-7-15/h6-9,12H,10-11,13H2,1-5H3,(H,21,25). The zero-order chi connectivity index (χ0) is 18.6. The molecule has 0 unspecified atom stereocenters. The van der Waals surface area contributed by atoms with Crippen LogP contribution in [0.1, 0.15) is 32.0 Å². The van der Waals surface area contributed by atoms with Crippen LogP contribution in [0.3, 0.4) is 0 Å². The van der Waals surface area contributed by atoms with E-state index in [9.17, 15) is 9.18 Å². The molecule has 6 heteroatoms. The summed E-state index contributed by atoms with van der Waals surface area (Å²) in [5.74, 6) is 0.399. The van der Waals surface area contributed by atoms with Gasteiger partial charge in [0.25, 0.3) is 0 Å². The van der Waals surface area contributed by atoms with Crippen molar-refractivity contribution in [3.8, 4) is 0 Å². The van der Waals surface area contributed by atoms with Crippen LogP contribution < -0.4 is 5.32 Å². The van der Waals surface area contributed by atoms with Gasteiger partial charge in [0.05, 0.1) is 17.8 Å². The van der Waals surface area contributed by atoms with Gasteiger partial charge in [-0.2, -0.15) is 5.10 Å². The summed E-state index contributed by atoms with van der Waals surface area (Å²) in [4.78, 5) is 14.3. The molecule has 0 aliphatic heterocycles. The number of hydrogen-bond donors (Lipinski definition) is 1. The summed E-state index contributed by atoms with van der Waals surface area (Å²) in [5.41, 5.74) is 1.72. The molecule has 1 heterocycles. The molecule has 5 nitrogen and oxygen atoms in total. The molecular weight excluding hydrogens is 319 g/mol. The van der Waals surface area contributed by atoms with E-state index in [4.69, 9.17) is 0 Å². The molecule has 1 N–H and O–H groups in total. The third kappa shape index (κ3) is 5.67. The van der Waals surface area contributed by atoms with Crippen molar-refractivity contribution in [3.05, 3.63) is 47.4 Å². The first-order chi connectivity index (χ1) is 11.6. The quantitative estimate of drug-likeness (QED) is 0.874. The van der Waals surface area contributed by atoms with Crippen LogP contribution in [0.4, 0.5) is 10.2 Å². The van der Waals surface area contributed by atoms with Crippen molar-refractivity contribution < 1.29 is 9.18 Å². The van der Waals surface area contributed by atoms with Crippen LogP contribution in [0, 0.1) is 12.7 Å². The first kappa shape index (κ1) is 19.1. The zero-order valence-corrected chi connectivity index (χ0v) is 15.6. The van der Waals surface area contributed by atoms with Gasteiger partial charge in [-0.05, 0) is 58.9 Å². The zero-order valence-electron chi connectivity index (χ0n) is 15.6. The average Bonchev–Trinajstić information content (AvgIpc) is 2.87. The SMILES string of the molecule is Cc1cc(NC(=O)CN(C)CCc2ccc(F)cc2)n(C(C)(C)C)n1. The smallest absolute Gasteiger partial charge is 0.239 e. The van der Waals surface area contributed by atoms with Gasteiger partial charge in [0.15, 0.2) is 0 Å². The highest BCUT2D eigenvalue weighted by Gasteiger charge is 2.20. The first-order valence-electron chi connectivity index (χ1n) is 8.45. The van der Waals surface area contributed by atoms with Crippen molar-refractivity contribution in [2.24, 2.45) is 0 Å². The van der Waals surface area contributed by atoms with Gasteiger partial charge in [0.2, 0.25) is 5.91 Å². The Morgan fingerprint density at radius 1 is 1.28 bits per heavy atom. The second-order valence-corrected chi connectivity index (χ2v) is 7.42. The van der Waals surface area contributed by atoms with Gasteiger partial charge in [0.1, 0.15) is 11.6 Å². The maximum absolute atomic E-state index is 12.9. The summed E-state index contributed by atoms with van der Waals surface area (Å²) in [6.07, 6.45) is 0.767. The van der Waals surface area contributed by atoms with Gasteiger partial charge in [-0.25, -0.2) is 9.07 Å². The molecule has 1 aromatic carbocycles. The van der Waals surface area contributed by atoms with Crippen LogP contribution in [-0.2, 0) is 16.8 Å². The molecule has 1 amide bonds. The average molecular weight is 346 g/mol. The number of benzene rings is 1. The normalized spacial score (nSPS) is 11.8. The number of carbonyl (C=O) groups excluding carboxylic acids is 1. The predicted molar refractivity (Wildman–Crippen MR) is 98.2 cm³/mol. The number of aryl methyl sites for hydroxylation is 1. The summed E-state index contributed by atoms with van der Waals surface area (Å²) in [6.45, 7) is 9.05. The molecule has 25 heavy (non-hydrogen) atoms. The van der Waals surface area contributed by atoms with Crippen LogP contribution in [0.5, 0.6) is 0 Å². The number of hydrogen-bond acceptors (Lipinski definition) is 3. The summed E-state index contributed by atoms with van der Waals surface area (Å²) in [5, 5.41) is 7.40. The van der Waals surface area contributed by atoms with E-state index in [0.29, 0.717) is 5.82 Å². The second kappa shape index (κ2) is 7.78. The topological polar surface area (TPSA) is 50.2 Å². The molecule has 0 saturated heterocycles. The van der Waals surface area contributed by atoms with Crippen LogP contribution in [0.25, 0.3) is 0 Å². The molecule has 0 saturated carbocycles. The third-order valence-corrected chi connectivity index (χ3v) is 3.84. The molecule has 0 fully saturated rings. The van der Waals surface area contributed by atoms with E-state index >= 15 is 0 Å². The Balaban J connectivity index is 1.88. The Bertz CT molecular complexity index is 716. The minimum Gasteiger partial charge on any atom is -0.310 e. The first-order valence-corrected chi connectivity index (χ1v) is 8.45. The van der Waals surface area contributed by atoms with Crippen molar-refractivity contribution in [1.82, 2.24) is 14.7 Å². The van der Waals surface area contributed by atoms with E-state index in [1.165, 1.54) is 12.1 Å². The van der Waals surface area contributed by atoms with Crippen molar-refractivity contribution >= 4 is 11.7 Å². The highest BCUT2D eigenvalue weighted by atomic mass is 19.1.